The zero-order chi connectivity index (χ0) is 15.8. The number of rotatable bonds is 3. The van der Waals surface area contributed by atoms with Crippen molar-refractivity contribution in [2.45, 2.75) is 18.9 Å². The standard InChI is InChI=1S/C17H18FN3O2/c18-16-9-12(3-6-19-16)14-1-2-15(23-14)17(22)20-13-10-21-7-4-11(13)5-8-21/h1-3,6,9,11,13H,4-5,7-8,10H2,(H,20,22). The van der Waals surface area contributed by atoms with Crippen molar-refractivity contribution in [3.8, 4) is 11.3 Å². The third-order valence-corrected chi connectivity index (χ3v) is 4.81. The van der Waals surface area contributed by atoms with Gasteiger partial charge < -0.3 is 14.6 Å². The van der Waals surface area contributed by atoms with E-state index in [9.17, 15) is 9.18 Å². The Balaban J connectivity index is 1.47. The summed E-state index contributed by atoms with van der Waals surface area (Å²) in [5.41, 5.74) is 0.569. The van der Waals surface area contributed by atoms with Gasteiger partial charge in [0, 0.05) is 30.4 Å². The molecule has 1 amide bonds. The monoisotopic (exact) mass is 315 g/mol. The molecule has 5 heterocycles. The van der Waals surface area contributed by atoms with Crippen LogP contribution in [-0.2, 0) is 0 Å². The maximum atomic E-state index is 13.2. The molecule has 3 aliphatic heterocycles. The summed E-state index contributed by atoms with van der Waals surface area (Å²) in [5.74, 6) is 0.508. The summed E-state index contributed by atoms with van der Waals surface area (Å²) >= 11 is 0. The predicted molar refractivity (Wildman–Crippen MR) is 82.3 cm³/mol. The Morgan fingerprint density at radius 2 is 2.13 bits per heavy atom. The highest BCUT2D eigenvalue weighted by atomic mass is 19.1. The fourth-order valence-corrected chi connectivity index (χ4v) is 3.54. The Bertz CT molecular complexity index is 722. The summed E-state index contributed by atoms with van der Waals surface area (Å²) in [7, 11) is 0. The van der Waals surface area contributed by atoms with Gasteiger partial charge in [0.1, 0.15) is 5.76 Å². The van der Waals surface area contributed by atoms with Crippen molar-refractivity contribution in [3.05, 3.63) is 42.2 Å². The minimum absolute atomic E-state index is 0.192. The van der Waals surface area contributed by atoms with Crippen molar-refractivity contribution >= 4 is 5.91 Å². The number of pyridine rings is 1. The number of nitrogens with one attached hydrogen (secondary N) is 1. The predicted octanol–water partition coefficient (Wildman–Crippen LogP) is 2.30. The van der Waals surface area contributed by atoms with Crippen LogP contribution in [0.4, 0.5) is 4.39 Å². The quantitative estimate of drug-likeness (QED) is 0.883. The Kier molecular flexibility index (Phi) is 3.61. The minimum Gasteiger partial charge on any atom is -0.451 e. The fourth-order valence-electron chi connectivity index (χ4n) is 3.54. The van der Waals surface area contributed by atoms with Crippen molar-refractivity contribution in [1.82, 2.24) is 15.2 Å². The van der Waals surface area contributed by atoms with E-state index in [2.05, 4.69) is 15.2 Å². The van der Waals surface area contributed by atoms with Gasteiger partial charge in [0.25, 0.3) is 5.91 Å². The van der Waals surface area contributed by atoms with Crippen molar-refractivity contribution in [2.24, 2.45) is 5.92 Å². The fraction of sp³-hybridized carbons (Fsp3) is 0.412. The highest BCUT2D eigenvalue weighted by Crippen LogP contribution is 2.28. The molecule has 23 heavy (non-hydrogen) atoms. The first kappa shape index (κ1) is 14.4. The van der Waals surface area contributed by atoms with Crippen LogP contribution in [0.2, 0.25) is 0 Å². The van der Waals surface area contributed by atoms with Crippen molar-refractivity contribution < 1.29 is 13.6 Å². The summed E-state index contributed by atoms with van der Waals surface area (Å²) < 4.78 is 18.8. The number of furan rings is 1. The zero-order valence-electron chi connectivity index (χ0n) is 12.7. The second-order valence-corrected chi connectivity index (χ2v) is 6.25. The highest BCUT2D eigenvalue weighted by Gasteiger charge is 2.35. The smallest absolute Gasteiger partial charge is 0.287 e. The second-order valence-electron chi connectivity index (χ2n) is 6.25. The van der Waals surface area contributed by atoms with E-state index >= 15 is 0 Å². The van der Waals surface area contributed by atoms with E-state index in [1.54, 1.807) is 18.2 Å². The molecule has 1 unspecified atom stereocenters. The van der Waals surface area contributed by atoms with Crippen LogP contribution in [-0.4, -0.2) is 41.5 Å². The molecule has 0 saturated carbocycles. The number of nitrogens with zero attached hydrogens (tertiary/aromatic N) is 2. The number of amides is 1. The van der Waals surface area contributed by atoms with Gasteiger partial charge in [-0.1, -0.05) is 0 Å². The number of hydrogen-bond acceptors (Lipinski definition) is 4. The summed E-state index contributed by atoms with van der Waals surface area (Å²) in [5, 5.41) is 3.08. The number of hydrogen-bond donors (Lipinski definition) is 1. The van der Waals surface area contributed by atoms with Gasteiger partial charge in [0.15, 0.2) is 5.76 Å². The normalized spacial score (nSPS) is 26.2. The minimum atomic E-state index is -0.572. The molecule has 5 rings (SSSR count). The van der Waals surface area contributed by atoms with E-state index in [-0.39, 0.29) is 17.7 Å². The van der Waals surface area contributed by atoms with Crippen LogP contribution in [0.3, 0.4) is 0 Å². The molecule has 2 aromatic rings. The number of carbonyl (C=O) groups excluding carboxylic acids is 1. The van der Waals surface area contributed by atoms with Gasteiger partial charge >= 0.3 is 0 Å². The molecule has 1 atom stereocenters. The maximum Gasteiger partial charge on any atom is 0.287 e. The van der Waals surface area contributed by atoms with Gasteiger partial charge in [-0.25, -0.2) is 4.98 Å². The van der Waals surface area contributed by atoms with Gasteiger partial charge in [0.05, 0.1) is 0 Å². The number of halogens is 1. The summed E-state index contributed by atoms with van der Waals surface area (Å²) in [6.07, 6.45) is 3.66. The zero-order valence-corrected chi connectivity index (χ0v) is 12.7. The van der Waals surface area contributed by atoms with Gasteiger partial charge in [-0.05, 0) is 50.0 Å². The lowest BCUT2D eigenvalue weighted by atomic mass is 9.84. The van der Waals surface area contributed by atoms with E-state index in [1.807, 2.05) is 0 Å². The van der Waals surface area contributed by atoms with Crippen LogP contribution < -0.4 is 5.32 Å². The Labute approximate surface area is 133 Å². The molecule has 0 aliphatic carbocycles. The van der Waals surface area contributed by atoms with E-state index in [4.69, 9.17) is 4.42 Å². The third kappa shape index (κ3) is 2.86. The number of piperidine rings is 3. The molecule has 3 saturated heterocycles. The topological polar surface area (TPSA) is 58.4 Å². The summed E-state index contributed by atoms with van der Waals surface area (Å²) in [6.45, 7) is 3.19. The largest absolute Gasteiger partial charge is 0.451 e. The van der Waals surface area contributed by atoms with E-state index in [0.29, 0.717) is 17.2 Å². The highest BCUT2D eigenvalue weighted by molar-refractivity contribution is 5.92. The molecular weight excluding hydrogens is 297 g/mol. The van der Waals surface area contributed by atoms with Crippen LogP contribution in [0.1, 0.15) is 23.4 Å². The lowest BCUT2D eigenvalue weighted by Gasteiger charge is -2.44. The van der Waals surface area contributed by atoms with E-state index < -0.39 is 5.95 Å². The molecule has 6 heteroatoms. The van der Waals surface area contributed by atoms with Gasteiger partial charge in [-0.15, -0.1) is 0 Å². The van der Waals surface area contributed by atoms with Crippen molar-refractivity contribution in [2.75, 3.05) is 19.6 Å². The Hall–Kier alpha value is -2.21. The molecule has 3 fully saturated rings. The van der Waals surface area contributed by atoms with Crippen LogP contribution >= 0.6 is 0 Å². The average molecular weight is 315 g/mol. The Morgan fingerprint density at radius 1 is 1.30 bits per heavy atom. The molecule has 0 spiro atoms. The molecule has 1 N–H and O–H groups in total. The average Bonchev–Trinajstić information content (AvgIpc) is 3.06. The van der Waals surface area contributed by atoms with Gasteiger partial charge in [-0.2, -0.15) is 4.39 Å². The van der Waals surface area contributed by atoms with Crippen molar-refractivity contribution in [1.29, 1.82) is 0 Å². The first-order valence-electron chi connectivity index (χ1n) is 7.94. The Morgan fingerprint density at radius 3 is 2.83 bits per heavy atom. The molecule has 0 radical (unpaired) electrons. The number of carbonyl (C=O) groups is 1. The van der Waals surface area contributed by atoms with E-state index in [0.717, 1.165) is 32.5 Å². The van der Waals surface area contributed by atoms with Crippen LogP contribution in [0, 0.1) is 11.9 Å². The van der Waals surface area contributed by atoms with Gasteiger partial charge in [0.2, 0.25) is 5.95 Å². The molecular formula is C17H18FN3O2. The summed E-state index contributed by atoms with van der Waals surface area (Å²) in [6, 6.07) is 6.44. The molecule has 2 aromatic heterocycles. The van der Waals surface area contributed by atoms with E-state index in [1.165, 1.54) is 12.3 Å². The third-order valence-electron chi connectivity index (χ3n) is 4.81. The van der Waals surface area contributed by atoms with Crippen LogP contribution in [0.25, 0.3) is 11.3 Å². The molecule has 3 aliphatic rings. The molecule has 120 valence electrons. The second kappa shape index (κ2) is 5.77. The summed E-state index contributed by atoms with van der Waals surface area (Å²) in [4.78, 5) is 18.3. The van der Waals surface area contributed by atoms with Crippen LogP contribution in [0.5, 0.6) is 0 Å². The lowest BCUT2D eigenvalue weighted by molar-refractivity contribution is 0.0606. The molecule has 5 nitrogen and oxygen atoms in total. The first-order valence-corrected chi connectivity index (χ1v) is 7.94. The number of fused-ring (bicyclic) bond motifs is 3. The number of aromatic nitrogens is 1. The van der Waals surface area contributed by atoms with Crippen LogP contribution in [0.15, 0.2) is 34.9 Å². The SMILES string of the molecule is O=C(NC1CN2CCC1CC2)c1ccc(-c2ccnc(F)c2)o1. The molecule has 0 aromatic carbocycles. The van der Waals surface area contributed by atoms with Crippen molar-refractivity contribution in [3.63, 3.8) is 0 Å². The van der Waals surface area contributed by atoms with Gasteiger partial charge in [-0.3, -0.25) is 4.79 Å². The first-order chi connectivity index (χ1) is 11.2. The molecule has 2 bridgehead atoms. The lowest BCUT2D eigenvalue weighted by Crippen LogP contribution is -2.57. The maximum absolute atomic E-state index is 13.2.